The van der Waals surface area contributed by atoms with E-state index in [2.05, 4.69) is 37.4 Å². The van der Waals surface area contributed by atoms with Crippen LogP contribution in [0.25, 0.3) is 5.57 Å². The molecule has 1 aliphatic rings. The second-order valence-electron chi connectivity index (χ2n) is 3.09. The van der Waals surface area contributed by atoms with Crippen LogP contribution in [0.1, 0.15) is 18.1 Å². The molecule has 0 atom stereocenters. The smallest absolute Gasteiger partial charge is 0.00432 e. The van der Waals surface area contributed by atoms with Crippen molar-refractivity contribution in [3.05, 3.63) is 40.3 Å². The Balaban J connectivity index is 2.50. The van der Waals surface area contributed by atoms with Gasteiger partial charge in [0.2, 0.25) is 0 Å². The van der Waals surface area contributed by atoms with Crippen molar-refractivity contribution in [1.82, 2.24) is 0 Å². The molecule has 12 heavy (non-hydrogen) atoms. The molecule has 0 fully saturated rings. The summed E-state index contributed by atoms with van der Waals surface area (Å²) in [5.74, 6) is 0. The summed E-state index contributed by atoms with van der Waals surface area (Å²) in [6, 6.07) is 8.68. The SMILES string of the molecule is CSC1=C(C)c2ccccc2C1. The van der Waals surface area contributed by atoms with Crippen LogP contribution in [0.15, 0.2) is 29.2 Å². The number of hydrogen-bond donors (Lipinski definition) is 0. The molecule has 0 unspecified atom stereocenters. The molecule has 1 aromatic carbocycles. The number of benzene rings is 1. The maximum absolute atomic E-state index is 2.22. The highest BCUT2D eigenvalue weighted by Crippen LogP contribution is 2.36. The van der Waals surface area contributed by atoms with E-state index < -0.39 is 0 Å². The van der Waals surface area contributed by atoms with E-state index in [0.717, 1.165) is 6.42 Å². The van der Waals surface area contributed by atoms with Gasteiger partial charge in [0.25, 0.3) is 0 Å². The third-order valence-corrected chi connectivity index (χ3v) is 3.38. The molecule has 0 bridgehead atoms. The highest BCUT2D eigenvalue weighted by molar-refractivity contribution is 8.02. The van der Waals surface area contributed by atoms with Crippen molar-refractivity contribution in [3.63, 3.8) is 0 Å². The summed E-state index contributed by atoms with van der Waals surface area (Å²) in [5.41, 5.74) is 4.40. The van der Waals surface area contributed by atoms with Crippen LogP contribution in [0.2, 0.25) is 0 Å². The van der Waals surface area contributed by atoms with Crippen LogP contribution >= 0.6 is 11.8 Å². The Kier molecular flexibility index (Phi) is 1.97. The molecule has 1 heteroatoms. The number of hydrogen-bond acceptors (Lipinski definition) is 1. The predicted molar refractivity (Wildman–Crippen MR) is 56.3 cm³/mol. The van der Waals surface area contributed by atoms with Crippen LogP contribution in [-0.4, -0.2) is 6.26 Å². The number of thioether (sulfide) groups is 1. The van der Waals surface area contributed by atoms with Crippen molar-refractivity contribution < 1.29 is 0 Å². The summed E-state index contributed by atoms with van der Waals surface area (Å²) in [6.45, 7) is 2.22. The second-order valence-corrected chi connectivity index (χ2v) is 3.99. The van der Waals surface area contributed by atoms with Crippen LogP contribution in [-0.2, 0) is 6.42 Å². The number of rotatable bonds is 1. The average molecular weight is 176 g/mol. The Morgan fingerprint density at radius 3 is 2.67 bits per heavy atom. The minimum absolute atomic E-state index is 1.14. The van der Waals surface area contributed by atoms with E-state index in [1.807, 2.05) is 11.8 Å². The van der Waals surface area contributed by atoms with Crippen molar-refractivity contribution in [1.29, 1.82) is 0 Å². The fraction of sp³-hybridized carbons (Fsp3) is 0.273. The van der Waals surface area contributed by atoms with Gasteiger partial charge in [-0.05, 0) is 34.8 Å². The first kappa shape index (κ1) is 7.93. The molecule has 0 nitrogen and oxygen atoms in total. The number of fused-ring (bicyclic) bond motifs is 1. The Morgan fingerprint density at radius 1 is 1.25 bits per heavy atom. The zero-order valence-corrected chi connectivity index (χ0v) is 8.24. The summed E-state index contributed by atoms with van der Waals surface area (Å²) in [5, 5.41) is 0. The first-order chi connectivity index (χ1) is 5.83. The fourth-order valence-corrected chi connectivity index (χ4v) is 2.44. The van der Waals surface area contributed by atoms with Gasteiger partial charge in [-0.1, -0.05) is 24.3 Å². The van der Waals surface area contributed by atoms with Crippen LogP contribution in [0.5, 0.6) is 0 Å². The lowest BCUT2D eigenvalue weighted by Crippen LogP contribution is -1.80. The van der Waals surface area contributed by atoms with Gasteiger partial charge in [0.1, 0.15) is 0 Å². The molecule has 1 aromatic rings. The van der Waals surface area contributed by atoms with E-state index in [1.54, 1.807) is 0 Å². The summed E-state index contributed by atoms with van der Waals surface area (Å²) in [6.07, 6.45) is 3.30. The van der Waals surface area contributed by atoms with Gasteiger partial charge in [0.05, 0.1) is 0 Å². The van der Waals surface area contributed by atoms with Crippen LogP contribution in [0, 0.1) is 0 Å². The molecular weight excluding hydrogens is 164 g/mol. The molecule has 0 aromatic heterocycles. The van der Waals surface area contributed by atoms with Crippen LogP contribution in [0.3, 0.4) is 0 Å². The van der Waals surface area contributed by atoms with Crippen LogP contribution in [0.4, 0.5) is 0 Å². The normalized spacial score (nSPS) is 15.2. The molecule has 2 rings (SSSR count). The van der Waals surface area contributed by atoms with Gasteiger partial charge in [0.15, 0.2) is 0 Å². The van der Waals surface area contributed by atoms with Gasteiger partial charge in [-0.3, -0.25) is 0 Å². The van der Waals surface area contributed by atoms with Crippen molar-refractivity contribution in [2.45, 2.75) is 13.3 Å². The lowest BCUT2D eigenvalue weighted by Gasteiger charge is -1.97. The Hall–Kier alpha value is -0.690. The maximum atomic E-state index is 2.22. The molecule has 0 aliphatic heterocycles. The summed E-state index contributed by atoms with van der Waals surface area (Å²) >= 11 is 1.88. The molecule has 0 amide bonds. The van der Waals surface area contributed by atoms with Crippen molar-refractivity contribution in [3.8, 4) is 0 Å². The topological polar surface area (TPSA) is 0 Å². The highest BCUT2D eigenvalue weighted by Gasteiger charge is 2.16. The minimum atomic E-state index is 1.14. The fourth-order valence-electron chi connectivity index (χ4n) is 1.72. The van der Waals surface area contributed by atoms with E-state index in [0.29, 0.717) is 0 Å². The van der Waals surface area contributed by atoms with Crippen molar-refractivity contribution in [2.24, 2.45) is 0 Å². The van der Waals surface area contributed by atoms with Gasteiger partial charge in [-0.15, -0.1) is 11.8 Å². The average Bonchev–Trinajstić information content (AvgIpc) is 2.44. The zero-order chi connectivity index (χ0) is 8.55. The highest BCUT2D eigenvalue weighted by atomic mass is 32.2. The minimum Gasteiger partial charge on any atom is -0.133 e. The van der Waals surface area contributed by atoms with E-state index in [4.69, 9.17) is 0 Å². The van der Waals surface area contributed by atoms with Crippen molar-refractivity contribution >= 4 is 17.3 Å². The molecule has 0 spiro atoms. The van der Waals surface area contributed by atoms with Gasteiger partial charge >= 0.3 is 0 Å². The largest absolute Gasteiger partial charge is 0.133 e. The summed E-state index contributed by atoms with van der Waals surface area (Å²) in [4.78, 5) is 1.52. The number of allylic oxidation sites excluding steroid dienone is 2. The summed E-state index contributed by atoms with van der Waals surface area (Å²) in [7, 11) is 0. The molecule has 0 saturated carbocycles. The molecule has 0 saturated heterocycles. The quantitative estimate of drug-likeness (QED) is 0.632. The van der Waals surface area contributed by atoms with Gasteiger partial charge in [-0.25, -0.2) is 0 Å². The van der Waals surface area contributed by atoms with E-state index in [9.17, 15) is 0 Å². The lowest BCUT2D eigenvalue weighted by molar-refractivity contribution is 1.29. The molecule has 0 N–H and O–H groups in total. The Morgan fingerprint density at radius 2 is 2.00 bits per heavy atom. The third kappa shape index (κ3) is 1.09. The van der Waals surface area contributed by atoms with Crippen LogP contribution < -0.4 is 0 Å². The second kappa shape index (κ2) is 2.98. The standard InChI is InChI=1S/C11H12S/c1-8-10-6-4-3-5-9(10)7-11(8)12-2/h3-6H,7H2,1-2H3. The molecule has 1 aliphatic carbocycles. The van der Waals surface area contributed by atoms with Gasteiger partial charge in [-0.2, -0.15) is 0 Å². The van der Waals surface area contributed by atoms with E-state index in [1.165, 1.54) is 21.6 Å². The zero-order valence-electron chi connectivity index (χ0n) is 7.42. The van der Waals surface area contributed by atoms with E-state index >= 15 is 0 Å². The Labute approximate surface area is 77.7 Å². The molecule has 0 radical (unpaired) electrons. The molecular formula is C11H12S. The van der Waals surface area contributed by atoms with Gasteiger partial charge in [0, 0.05) is 6.42 Å². The first-order valence-corrected chi connectivity index (χ1v) is 5.37. The lowest BCUT2D eigenvalue weighted by atomic mass is 10.1. The maximum Gasteiger partial charge on any atom is 0.00432 e. The predicted octanol–water partition coefficient (Wildman–Crippen LogP) is 3.34. The monoisotopic (exact) mass is 176 g/mol. The molecule has 0 heterocycles. The van der Waals surface area contributed by atoms with E-state index in [-0.39, 0.29) is 0 Å². The van der Waals surface area contributed by atoms with Crippen molar-refractivity contribution in [2.75, 3.05) is 6.26 Å². The first-order valence-electron chi connectivity index (χ1n) is 4.15. The summed E-state index contributed by atoms with van der Waals surface area (Å²) < 4.78 is 0. The Bertz CT molecular complexity index is 337. The molecule has 62 valence electrons. The van der Waals surface area contributed by atoms with Gasteiger partial charge < -0.3 is 0 Å². The third-order valence-electron chi connectivity index (χ3n) is 2.44.